The molecule has 0 radical (unpaired) electrons. The van der Waals surface area contributed by atoms with Crippen molar-refractivity contribution in [3.8, 4) is 5.75 Å². The van der Waals surface area contributed by atoms with Crippen LogP contribution in [0.1, 0.15) is 49.1 Å². The van der Waals surface area contributed by atoms with Gasteiger partial charge < -0.3 is 14.8 Å². The number of imide groups is 1. The predicted molar refractivity (Wildman–Crippen MR) is 130 cm³/mol. The summed E-state index contributed by atoms with van der Waals surface area (Å²) in [6, 6.07) is 16.5. The minimum absolute atomic E-state index is 0.0650. The molecule has 1 aliphatic heterocycles. The van der Waals surface area contributed by atoms with E-state index in [1.807, 2.05) is 26.8 Å². The van der Waals surface area contributed by atoms with Gasteiger partial charge in [-0.1, -0.05) is 24.3 Å². The van der Waals surface area contributed by atoms with Crippen molar-refractivity contribution in [3.05, 3.63) is 88.5 Å². The molecule has 0 saturated heterocycles. The van der Waals surface area contributed by atoms with E-state index in [2.05, 4.69) is 5.32 Å². The first kappa shape index (κ1) is 23.7. The van der Waals surface area contributed by atoms with Gasteiger partial charge in [0, 0.05) is 0 Å². The van der Waals surface area contributed by atoms with E-state index in [1.165, 1.54) is 18.2 Å². The summed E-state index contributed by atoms with van der Waals surface area (Å²) in [5, 5.41) is 2.64. The number of amides is 3. The molecular formula is C27H24N2O6. The zero-order valence-corrected chi connectivity index (χ0v) is 19.6. The number of anilines is 2. The van der Waals surface area contributed by atoms with E-state index in [4.69, 9.17) is 9.47 Å². The van der Waals surface area contributed by atoms with Crippen molar-refractivity contribution in [2.75, 3.05) is 23.4 Å². The van der Waals surface area contributed by atoms with Crippen LogP contribution in [0.4, 0.5) is 11.4 Å². The number of para-hydroxylation sites is 2. The first-order valence-electron chi connectivity index (χ1n) is 11.1. The third-order valence-corrected chi connectivity index (χ3v) is 5.73. The molecule has 0 aliphatic carbocycles. The zero-order valence-electron chi connectivity index (χ0n) is 19.6. The number of carbonyl (C=O) groups is 4. The van der Waals surface area contributed by atoms with E-state index in [1.54, 1.807) is 36.4 Å². The minimum atomic E-state index is -0.786. The largest absolute Gasteiger partial charge is 0.492 e. The molecule has 178 valence electrons. The number of carbonyl (C=O) groups excluding carboxylic acids is 4. The van der Waals surface area contributed by atoms with Gasteiger partial charge >= 0.3 is 5.97 Å². The number of ether oxygens (including phenoxy) is 2. The van der Waals surface area contributed by atoms with Gasteiger partial charge in [0.25, 0.3) is 17.7 Å². The van der Waals surface area contributed by atoms with Crippen LogP contribution in [-0.2, 0) is 9.53 Å². The third kappa shape index (κ3) is 4.63. The van der Waals surface area contributed by atoms with Gasteiger partial charge in [-0.05, 0) is 68.3 Å². The fraction of sp³-hybridized carbons (Fsp3) is 0.185. The molecule has 0 spiro atoms. The Balaban J connectivity index is 1.46. The monoisotopic (exact) mass is 472 g/mol. The van der Waals surface area contributed by atoms with Crippen LogP contribution in [-0.4, -0.2) is 36.9 Å². The van der Waals surface area contributed by atoms with Gasteiger partial charge in [-0.2, -0.15) is 0 Å². The molecule has 1 heterocycles. The Bertz CT molecular complexity index is 1350. The highest BCUT2D eigenvalue weighted by atomic mass is 16.5. The van der Waals surface area contributed by atoms with Crippen LogP contribution in [0, 0.1) is 13.8 Å². The molecule has 35 heavy (non-hydrogen) atoms. The van der Waals surface area contributed by atoms with Crippen molar-refractivity contribution in [2.45, 2.75) is 20.8 Å². The average Bonchev–Trinajstić information content (AvgIpc) is 3.10. The maximum Gasteiger partial charge on any atom is 0.338 e. The van der Waals surface area contributed by atoms with Crippen LogP contribution >= 0.6 is 0 Å². The van der Waals surface area contributed by atoms with Crippen molar-refractivity contribution >= 4 is 35.1 Å². The molecule has 0 aromatic heterocycles. The molecule has 0 fully saturated rings. The summed E-state index contributed by atoms with van der Waals surface area (Å²) in [7, 11) is 0. The van der Waals surface area contributed by atoms with Gasteiger partial charge in [-0.15, -0.1) is 0 Å². The Morgan fingerprint density at radius 1 is 0.914 bits per heavy atom. The van der Waals surface area contributed by atoms with Gasteiger partial charge in [0.1, 0.15) is 5.75 Å². The summed E-state index contributed by atoms with van der Waals surface area (Å²) < 4.78 is 10.6. The van der Waals surface area contributed by atoms with Gasteiger partial charge in [0.05, 0.1) is 34.7 Å². The van der Waals surface area contributed by atoms with E-state index < -0.39 is 30.3 Å². The second-order valence-electron chi connectivity index (χ2n) is 7.98. The summed E-state index contributed by atoms with van der Waals surface area (Å²) in [6.45, 7) is 5.47. The predicted octanol–water partition coefficient (Wildman–Crippen LogP) is 4.30. The molecule has 0 unspecified atom stereocenters. The average molecular weight is 472 g/mol. The topological polar surface area (TPSA) is 102 Å². The Morgan fingerprint density at radius 3 is 2.43 bits per heavy atom. The van der Waals surface area contributed by atoms with E-state index in [0.717, 1.165) is 16.0 Å². The quantitative estimate of drug-likeness (QED) is 0.406. The van der Waals surface area contributed by atoms with Crippen LogP contribution in [0.15, 0.2) is 60.7 Å². The minimum Gasteiger partial charge on any atom is -0.492 e. The highest BCUT2D eigenvalue weighted by Gasteiger charge is 2.38. The number of benzene rings is 3. The Kier molecular flexibility index (Phi) is 6.64. The molecule has 1 N–H and O–H groups in total. The molecule has 4 rings (SSSR count). The molecule has 1 aliphatic rings. The summed E-state index contributed by atoms with van der Waals surface area (Å²) in [4.78, 5) is 52.0. The highest BCUT2D eigenvalue weighted by Crippen LogP contribution is 2.32. The third-order valence-electron chi connectivity index (χ3n) is 5.73. The molecular weight excluding hydrogens is 448 g/mol. The maximum atomic E-state index is 13.1. The molecule has 3 aromatic rings. The molecule has 3 amide bonds. The summed E-state index contributed by atoms with van der Waals surface area (Å²) >= 11 is 0. The van der Waals surface area contributed by atoms with E-state index in [0.29, 0.717) is 23.7 Å². The fourth-order valence-electron chi connectivity index (χ4n) is 3.82. The lowest BCUT2D eigenvalue weighted by Crippen LogP contribution is -2.30. The number of rotatable bonds is 7. The lowest BCUT2D eigenvalue weighted by Gasteiger charge is -2.17. The van der Waals surface area contributed by atoms with Crippen LogP contribution in [0.25, 0.3) is 0 Å². The second kappa shape index (κ2) is 9.80. The molecule has 3 aromatic carbocycles. The molecule has 8 nitrogen and oxygen atoms in total. The zero-order chi connectivity index (χ0) is 25.1. The molecule has 0 saturated carbocycles. The van der Waals surface area contributed by atoms with Crippen molar-refractivity contribution in [1.29, 1.82) is 0 Å². The number of esters is 1. The van der Waals surface area contributed by atoms with Crippen LogP contribution in [0.2, 0.25) is 0 Å². The van der Waals surface area contributed by atoms with Gasteiger partial charge in [0.2, 0.25) is 0 Å². The Labute approximate surface area is 202 Å². The summed E-state index contributed by atoms with van der Waals surface area (Å²) in [6.07, 6.45) is 0. The number of nitrogens with zero attached hydrogens (tertiary/aromatic N) is 1. The number of hydrogen-bond acceptors (Lipinski definition) is 6. The van der Waals surface area contributed by atoms with Gasteiger partial charge in [-0.3, -0.25) is 14.4 Å². The molecule has 0 bridgehead atoms. The summed E-state index contributed by atoms with van der Waals surface area (Å²) in [5.41, 5.74) is 3.12. The molecule has 8 heteroatoms. The smallest absolute Gasteiger partial charge is 0.338 e. The fourth-order valence-corrected chi connectivity index (χ4v) is 3.82. The number of nitrogens with one attached hydrogen (secondary N) is 1. The Hall–Kier alpha value is -4.46. The standard InChI is InChI=1S/C27H24N2O6/c1-4-34-23-11-6-5-9-21(23)28-24(30)15-35-27(33)18-12-13-19-20(14-18)26(32)29(25(19)31)22-10-7-8-16(2)17(22)3/h5-14H,4,15H2,1-3H3,(H,28,30). The van der Waals surface area contributed by atoms with Crippen molar-refractivity contribution in [1.82, 2.24) is 0 Å². The van der Waals surface area contributed by atoms with Crippen molar-refractivity contribution < 1.29 is 28.7 Å². The number of aryl methyl sites for hydroxylation is 1. The van der Waals surface area contributed by atoms with Crippen LogP contribution in [0.3, 0.4) is 0 Å². The van der Waals surface area contributed by atoms with E-state index >= 15 is 0 Å². The van der Waals surface area contributed by atoms with Crippen LogP contribution in [0.5, 0.6) is 5.75 Å². The van der Waals surface area contributed by atoms with Crippen molar-refractivity contribution in [2.24, 2.45) is 0 Å². The maximum absolute atomic E-state index is 13.1. The molecule has 0 atom stereocenters. The van der Waals surface area contributed by atoms with E-state index in [9.17, 15) is 19.2 Å². The van der Waals surface area contributed by atoms with Gasteiger partial charge in [-0.25, -0.2) is 9.69 Å². The normalized spacial score (nSPS) is 12.4. The van der Waals surface area contributed by atoms with Gasteiger partial charge in [0.15, 0.2) is 6.61 Å². The first-order valence-corrected chi connectivity index (χ1v) is 11.1. The second-order valence-corrected chi connectivity index (χ2v) is 7.98. The Morgan fingerprint density at radius 2 is 1.66 bits per heavy atom. The van der Waals surface area contributed by atoms with E-state index in [-0.39, 0.29) is 16.7 Å². The van der Waals surface area contributed by atoms with Crippen molar-refractivity contribution in [3.63, 3.8) is 0 Å². The van der Waals surface area contributed by atoms with Crippen LogP contribution < -0.4 is 15.0 Å². The SMILES string of the molecule is CCOc1ccccc1NC(=O)COC(=O)c1ccc2c(c1)C(=O)N(c1cccc(C)c1C)C2=O. The number of fused-ring (bicyclic) bond motifs is 1. The lowest BCUT2D eigenvalue weighted by atomic mass is 10.1. The first-order chi connectivity index (χ1) is 16.8. The lowest BCUT2D eigenvalue weighted by molar-refractivity contribution is -0.119. The highest BCUT2D eigenvalue weighted by molar-refractivity contribution is 6.35. The summed E-state index contributed by atoms with van der Waals surface area (Å²) in [5.74, 6) is -1.79. The number of hydrogen-bond donors (Lipinski definition) is 1.